The molecule has 0 saturated carbocycles. The maximum Gasteiger partial charge on any atom is 0.242 e. The highest BCUT2D eigenvalue weighted by Crippen LogP contribution is 2.09. The van der Waals surface area contributed by atoms with Gasteiger partial charge in [-0.3, -0.25) is 9.78 Å². The highest BCUT2D eigenvalue weighted by molar-refractivity contribution is 7.92. The standard InChI is InChI=1S/C11H16N2O3S/c1-3-8-17(15,16)9(2)11(14)13-10-4-6-12-7-5-10/h4-7,9H,3,8H2,1-2H3,(H,12,13,14). The smallest absolute Gasteiger partial charge is 0.242 e. The second-order valence-corrected chi connectivity index (χ2v) is 6.18. The fourth-order valence-corrected chi connectivity index (χ4v) is 2.61. The molecule has 0 aliphatic rings. The average Bonchev–Trinajstić information content (AvgIpc) is 2.29. The Morgan fingerprint density at radius 2 is 2.00 bits per heavy atom. The molecule has 5 nitrogen and oxygen atoms in total. The van der Waals surface area contributed by atoms with E-state index < -0.39 is 21.0 Å². The van der Waals surface area contributed by atoms with Crippen LogP contribution in [0.1, 0.15) is 20.3 Å². The van der Waals surface area contributed by atoms with Crippen LogP contribution in [-0.2, 0) is 14.6 Å². The lowest BCUT2D eigenvalue weighted by Gasteiger charge is -2.12. The third-order valence-electron chi connectivity index (χ3n) is 2.34. The van der Waals surface area contributed by atoms with Crippen LogP contribution in [0.2, 0.25) is 0 Å². The van der Waals surface area contributed by atoms with Crippen LogP contribution >= 0.6 is 0 Å². The minimum Gasteiger partial charge on any atom is -0.325 e. The first-order chi connectivity index (χ1) is 7.97. The molecule has 0 aliphatic carbocycles. The third-order valence-corrected chi connectivity index (χ3v) is 4.61. The zero-order chi connectivity index (χ0) is 12.9. The summed E-state index contributed by atoms with van der Waals surface area (Å²) < 4.78 is 23.4. The summed E-state index contributed by atoms with van der Waals surface area (Å²) in [7, 11) is -3.36. The van der Waals surface area contributed by atoms with E-state index in [-0.39, 0.29) is 5.75 Å². The first-order valence-electron chi connectivity index (χ1n) is 5.40. The van der Waals surface area contributed by atoms with Crippen LogP contribution in [-0.4, -0.2) is 30.3 Å². The predicted molar refractivity (Wildman–Crippen MR) is 66.4 cm³/mol. The van der Waals surface area contributed by atoms with E-state index in [9.17, 15) is 13.2 Å². The molecule has 1 heterocycles. The topological polar surface area (TPSA) is 76.1 Å². The van der Waals surface area contributed by atoms with Crippen molar-refractivity contribution in [3.05, 3.63) is 24.5 Å². The SMILES string of the molecule is CCCS(=O)(=O)C(C)C(=O)Nc1ccncc1. The molecule has 1 unspecified atom stereocenters. The Morgan fingerprint density at radius 1 is 1.41 bits per heavy atom. The molecule has 0 fully saturated rings. The van der Waals surface area contributed by atoms with Crippen molar-refractivity contribution in [3.8, 4) is 0 Å². The molecule has 6 heteroatoms. The first kappa shape index (κ1) is 13.6. The van der Waals surface area contributed by atoms with Crippen LogP contribution in [0, 0.1) is 0 Å². The monoisotopic (exact) mass is 256 g/mol. The highest BCUT2D eigenvalue weighted by Gasteiger charge is 2.26. The van der Waals surface area contributed by atoms with E-state index in [4.69, 9.17) is 0 Å². The van der Waals surface area contributed by atoms with Gasteiger partial charge in [-0.25, -0.2) is 8.42 Å². The number of carbonyl (C=O) groups is 1. The van der Waals surface area contributed by atoms with Gasteiger partial charge in [-0.05, 0) is 25.5 Å². The minimum absolute atomic E-state index is 0.0257. The first-order valence-corrected chi connectivity index (χ1v) is 7.11. The van der Waals surface area contributed by atoms with E-state index >= 15 is 0 Å². The quantitative estimate of drug-likeness (QED) is 0.859. The van der Waals surface area contributed by atoms with Gasteiger partial charge in [0.25, 0.3) is 0 Å². The van der Waals surface area contributed by atoms with Crippen molar-refractivity contribution < 1.29 is 13.2 Å². The fourth-order valence-electron chi connectivity index (χ4n) is 1.30. The van der Waals surface area contributed by atoms with Gasteiger partial charge in [0, 0.05) is 18.1 Å². The second kappa shape index (κ2) is 5.77. The van der Waals surface area contributed by atoms with Gasteiger partial charge in [0.1, 0.15) is 5.25 Å². The van der Waals surface area contributed by atoms with Gasteiger partial charge >= 0.3 is 0 Å². The summed E-state index contributed by atoms with van der Waals surface area (Å²) in [6.07, 6.45) is 3.57. The molecule has 0 aromatic carbocycles. The summed E-state index contributed by atoms with van der Waals surface area (Å²) in [6.45, 7) is 3.17. The Balaban J connectivity index is 2.72. The number of rotatable bonds is 5. The molecule has 0 bridgehead atoms. The van der Waals surface area contributed by atoms with E-state index in [1.165, 1.54) is 19.3 Å². The number of hydrogen-bond donors (Lipinski definition) is 1. The molecule has 0 spiro atoms. The van der Waals surface area contributed by atoms with Gasteiger partial charge in [0.2, 0.25) is 5.91 Å². The number of sulfone groups is 1. The molecule has 1 rings (SSSR count). The van der Waals surface area contributed by atoms with Gasteiger partial charge in [-0.1, -0.05) is 6.92 Å². The van der Waals surface area contributed by atoms with Crippen LogP contribution in [0.4, 0.5) is 5.69 Å². The largest absolute Gasteiger partial charge is 0.325 e. The molecular weight excluding hydrogens is 240 g/mol. The van der Waals surface area contributed by atoms with Crippen molar-refractivity contribution in [2.24, 2.45) is 0 Å². The van der Waals surface area contributed by atoms with Gasteiger partial charge in [-0.15, -0.1) is 0 Å². The third kappa shape index (κ3) is 3.81. The molecule has 1 amide bonds. The lowest BCUT2D eigenvalue weighted by atomic mass is 10.3. The van der Waals surface area contributed by atoms with Crippen LogP contribution in [0.15, 0.2) is 24.5 Å². The minimum atomic E-state index is -3.36. The van der Waals surface area contributed by atoms with Crippen LogP contribution < -0.4 is 5.32 Å². The maximum absolute atomic E-state index is 11.7. The predicted octanol–water partition coefficient (Wildman–Crippen LogP) is 1.23. The molecule has 1 aromatic rings. The molecule has 1 atom stereocenters. The number of pyridine rings is 1. The number of hydrogen-bond acceptors (Lipinski definition) is 4. The summed E-state index contributed by atoms with van der Waals surface area (Å²) >= 11 is 0. The van der Waals surface area contributed by atoms with Crippen LogP contribution in [0.5, 0.6) is 0 Å². The van der Waals surface area contributed by atoms with Crippen molar-refractivity contribution in [2.75, 3.05) is 11.1 Å². The van der Waals surface area contributed by atoms with E-state index in [2.05, 4.69) is 10.3 Å². The Labute approximate surface area is 101 Å². The van der Waals surface area contributed by atoms with Crippen LogP contribution in [0.3, 0.4) is 0 Å². The maximum atomic E-state index is 11.7. The number of anilines is 1. The number of carbonyl (C=O) groups excluding carboxylic acids is 1. The van der Waals surface area contributed by atoms with Crippen molar-refractivity contribution in [2.45, 2.75) is 25.5 Å². The van der Waals surface area contributed by atoms with Gasteiger partial charge in [0.05, 0.1) is 5.75 Å². The average molecular weight is 256 g/mol. The Kier molecular flexibility index (Phi) is 4.62. The molecule has 17 heavy (non-hydrogen) atoms. The molecule has 0 radical (unpaired) electrons. The van der Waals surface area contributed by atoms with Crippen LogP contribution in [0.25, 0.3) is 0 Å². The van der Waals surface area contributed by atoms with Gasteiger partial charge in [0.15, 0.2) is 9.84 Å². The molecule has 0 saturated heterocycles. The zero-order valence-electron chi connectivity index (χ0n) is 9.88. The lowest BCUT2D eigenvalue weighted by molar-refractivity contribution is -0.115. The highest BCUT2D eigenvalue weighted by atomic mass is 32.2. The van der Waals surface area contributed by atoms with Gasteiger partial charge < -0.3 is 5.32 Å². The lowest BCUT2D eigenvalue weighted by Crippen LogP contribution is -2.34. The normalized spacial score (nSPS) is 13.1. The number of nitrogens with zero attached hydrogens (tertiary/aromatic N) is 1. The van der Waals surface area contributed by atoms with Crippen molar-refractivity contribution >= 4 is 21.4 Å². The summed E-state index contributed by atoms with van der Waals surface area (Å²) in [5.74, 6) is -0.484. The van der Waals surface area contributed by atoms with E-state index in [0.29, 0.717) is 12.1 Å². The Bertz CT molecular complexity index is 471. The Hall–Kier alpha value is -1.43. The van der Waals surface area contributed by atoms with Crippen molar-refractivity contribution in [1.29, 1.82) is 0 Å². The van der Waals surface area contributed by atoms with E-state index in [1.54, 1.807) is 19.1 Å². The molecule has 0 aliphatic heterocycles. The zero-order valence-corrected chi connectivity index (χ0v) is 10.7. The molecular formula is C11H16N2O3S. The van der Waals surface area contributed by atoms with E-state index in [1.807, 2.05) is 0 Å². The Morgan fingerprint density at radius 3 is 2.53 bits per heavy atom. The molecule has 1 aromatic heterocycles. The number of nitrogens with one attached hydrogen (secondary N) is 1. The summed E-state index contributed by atoms with van der Waals surface area (Å²) in [5, 5.41) is 1.52. The van der Waals surface area contributed by atoms with Gasteiger partial charge in [-0.2, -0.15) is 0 Å². The second-order valence-electron chi connectivity index (χ2n) is 3.73. The number of aromatic nitrogens is 1. The fraction of sp³-hybridized carbons (Fsp3) is 0.455. The van der Waals surface area contributed by atoms with E-state index in [0.717, 1.165) is 0 Å². The summed E-state index contributed by atoms with van der Waals surface area (Å²) in [5.41, 5.74) is 0.545. The summed E-state index contributed by atoms with van der Waals surface area (Å²) in [6, 6.07) is 3.22. The summed E-state index contributed by atoms with van der Waals surface area (Å²) in [4.78, 5) is 15.5. The van der Waals surface area contributed by atoms with Crippen molar-refractivity contribution in [3.63, 3.8) is 0 Å². The molecule has 1 N–H and O–H groups in total. The molecule has 94 valence electrons. The number of amides is 1. The van der Waals surface area contributed by atoms with Crippen molar-refractivity contribution in [1.82, 2.24) is 4.98 Å².